The molecular weight excluding hydrogens is 192 g/mol. The maximum atomic E-state index is 11.6. The SMILES string of the molecule is COc1ccc(C(=O)NC2CC2N)cc1. The van der Waals surface area contributed by atoms with Crippen molar-refractivity contribution < 1.29 is 9.53 Å². The quantitative estimate of drug-likeness (QED) is 0.758. The molecule has 2 rings (SSSR count). The Hall–Kier alpha value is -1.55. The monoisotopic (exact) mass is 206 g/mol. The standard InChI is InChI=1S/C11H14N2O2/c1-15-8-4-2-7(3-5-8)11(14)13-10-6-9(10)12/h2-5,9-10H,6,12H2,1H3,(H,13,14). The van der Waals surface area contributed by atoms with E-state index in [9.17, 15) is 4.79 Å². The fourth-order valence-corrected chi connectivity index (χ4v) is 1.37. The van der Waals surface area contributed by atoms with Crippen LogP contribution in [0.15, 0.2) is 24.3 Å². The second-order valence-corrected chi connectivity index (χ2v) is 3.71. The Balaban J connectivity index is 1.99. The number of ether oxygens (including phenoxy) is 1. The molecule has 4 heteroatoms. The molecule has 1 aromatic rings. The third kappa shape index (κ3) is 2.27. The average Bonchev–Trinajstić information content (AvgIpc) is 2.94. The van der Waals surface area contributed by atoms with Gasteiger partial charge in [0, 0.05) is 17.6 Å². The fourth-order valence-electron chi connectivity index (χ4n) is 1.37. The first-order valence-electron chi connectivity index (χ1n) is 4.91. The molecule has 0 aromatic heterocycles. The maximum Gasteiger partial charge on any atom is 0.251 e. The first-order valence-corrected chi connectivity index (χ1v) is 4.91. The zero-order valence-corrected chi connectivity index (χ0v) is 8.57. The largest absolute Gasteiger partial charge is 0.497 e. The molecule has 0 aliphatic heterocycles. The van der Waals surface area contributed by atoms with Gasteiger partial charge in [-0.15, -0.1) is 0 Å². The minimum atomic E-state index is -0.0735. The Morgan fingerprint density at radius 2 is 2.07 bits per heavy atom. The van der Waals surface area contributed by atoms with E-state index < -0.39 is 0 Å². The third-order valence-electron chi connectivity index (χ3n) is 2.51. The van der Waals surface area contributed by atoms with Gasteiger partial charge in [-0.2, -0.15) is 0 Å². The molecule has 0 radical (unpaired) electrons. The first-order chi connectivity index (χ1) is 7.20. The van der Waals surface area contributed by atoms with Crippen LogP contribution in [-0.4, -0.2) is 25.1 Å². The Morgan fingerprint density at radius 1 is 1.47 bits per heavy atom. The number of amides is 1. The van der Waals surface area contributed by atoms with E-state index in [4.69, 9.17) is 10.5 Å². The lowest BCUT2D eigenvalue weighted by Gasteiger charge is -2.04. The molecule has 1 fully saturated rings. The summed E-state index contributed by atoms with van der Waals surface area (Å²) in [5, 5.41) is 2.85. The van der Waals surface area contributed by atoms with Crippen LogP contribution in [0.4, 0.5) is 0 Å². The van der Waals surface area contributed by atoms with E-state index in [0.717, 1.165) is 12.2 Å². The van der Waals surface area contributed by atoms with Crippen molar-refractivity contribution in [3.05, 3.63) is 29.8 Å². The van der Waals surface area contributed by atoms with E-state index in [0.29, 0.717) is 5.56 Å². The van der Waals surface area contributed by atoms with Crippen LogP contribution in [0.2, 0.25) is 0 Å². The Labute approximate surface area is 88.4 Å². The van der Waals surface area contributed by atoms with Crippen LogP contribution in [0, 0.1) is 0 Å². The molecule has 1 aliphatic rings. The van der Waals surface area contributed by atoms with Gasteiger partial charge in [-0.25, -0.2) is 0 Å². The van der Waals surface area contributed by atoms with Gasteiger partial charge in [0.1, 0.15) is 5.75 Å². The van der Waals surface area contributed by atoms with Crippen molar-refractivity contribution in [1.82, 2.24) is 5.32 Å². The molecule has 4 nitrogen and oxygen atoms in total. The number of hydrogen-bond acceptors (Lipinski definition) is 3. The summed E-state index contributed by atoms with van der Waals surface area (Å²) in [6, 6.07) is 7.29. The van der Waals surface area contributed by atoms with Crippen LogP contribution in [0.3, 0.4) is 0 Å². The van der Waals surface area contributed by atoms with Gasteiger partial charge in [0.15, 0.2) is 0 Å². The number of carbonyl (C=O) groups is 1. The number of carbonyl (C=O) groups excluding carboxylic acids is 1. The third-order valence-corrected chi connectivity index (χ3v) is 2.51. The van der Waals surface area contributed by atoms with E-state index in [-0.39, 0.29) is 18.0 Å². The molecular formula is C11H14N2O2. The molecule has 0 saturated heterocycles. The molecule has 1 aromatic carbocycles. The number of methoxy groups -OCH3 is 1. The van der Waals surface area contributed by atoms with Crippen LogP contribution < -0.4 is 15.8 Å². The number of rotatable bonds is 3. The molecule has 2 atom stereocenters. The Kier molecular flexibility index (Phi) is 2.60. The van der Waals surface area contributed by atoms with E-state index >= 15 is 0 Å². The normalized spacial score (nSPS) is 23.3. The number of hydrogen-bond donors (Lipinski definition) is 2. The van der Waals surface area contributed by atoms with Crippen LogP contribution in [-0.2, 0) is 0 Å². The summed E-state index contributed by atoms with van der Waals surface area (Å²) in [7, 11) is 1.60. The average molecular weight is 206 g/mol. The molecule has 0 heterocycles. The van der Waals surface area contributed by atoms with Crippen molar-refractivity contribution in [2.45, 2.75) is 18.5 Å². The lowest BCUT2D eigenvalue weighted by Crippen LogP contribution is -2.29. The van der Waals surface area contributed by atoms with Gasteiger partial charge >= 0.3 is 0 Å². The predicted molar refractivity (Wildman–Crippen MR) is 56.8 cm³/mol. The molecule has 15 heavy (non-hydrogen) atoms. The highest BCUT2D eigenvalue weighted by molar-refractivity contribution is 5.94. The van der Waals surface area contributed by atoms with Gasteiger partial charge in [-0.05, 0) is 30.7 Å². The van der Waals surface area contributed by atoms with Gasteiger partial charge in [-0.1, -0.05) is 0 Å². The van der Waals surface area contributed by atoms with Gasteiger partial charge < -0.3 is 15.8 Å². The smallest absolute Gasteiger partial charge is 0.251 e. The van der Waals surface area contributed by atoms with E-state index in [1.54, 1.807) is 31.4 Å². The minimum Gasteiger partial charge on any atom is -0.497 e. The zero-order valence-electron chi connectivity index (χ0n) is 8.57. The minimum absolute atomic E-state index is 0.0735. The van der Waals surface area contributed by atoms with Crippen molar-refractivity contribution in [2.24, 2.45) is 5.73 Å². The van der Waals surface area contributed by atoms with Crippen molar-refractivity contribution in [3.8, 4) is 5.75 Å². The van der Waals surface area contributed by atoms with E-state index in [1.807, 2.05) is 0 Å². The lowest BCUT2D eigenvalue weighted by atomic mass is 10.2. The number of nitrogens with two attached hydrogens (primary N) is 1. The summed E-state index contributed by atoms with van der Waals surface area (Å²) in [5.41, 5.74) is 6.24. The number of benzene rings is 1. The van der Waals surface area contributed by atoms with E-state index in [1.165, 1.54) is 0 Å². The summed E-state index contributed by atoms with van der Waals surface area (Å²) in [5.74, 6) is 0.672. The second kappa shape index (κ2) is 3.90. The molecule has 0 bridgehead atoms. The molecule has 1 amide bonds. The molecule has 2 unspecified atom stereocenters. The summed E-state index contributed by atoms with van der Waals surface area (Å²) < 4.78 is 5.01. The van der Waals surface area contributed by atoms with Crippen molar-refractivity contribution in [3.63, 3.8) is 0 Å². The highest BCUT2D eigenvalue weighted by atomic mass is 16.5. The molecule has 80 valence electrons. The van der Waals surface area contributed by atoms with Gasteiger partial charge in [-0.3, -0.25) is 4.79 Å². The second-order valence-electron chi connectivity index (χ2n) is 3.71. The fraction of sp³-hybridized carbons (Fsp3) is 0.364. The van der Waals surface area contributed by atoms with Crippen LogP contribution in [0.25, 0.3) is 0 Å². The van der Waals surface area contributed by atoms with Crippen molar-refractivity contribution in [1.29, 1.82) is 0 Å². The predicted octanol–water partition coefficient (Wildman–Crippen LogP) is 0.525. The summed E-state index contributed by atoms with van der Waals surface area (Å²) in [6.07, 6.45) is 0.877. The maximum absolute atomic E-state index is 11.6. The number of nitrogens with one attached hydrogen (secondary N) is 1. The lowest BCUT2D eigenvalue weighted by molar-refractivity contribution is 0.0950. The molecule has 3 N–H and O–H groups in total. The first kappa shape index (κ1) is 9.98. The van der Waals surface area contributed by atoms with E-state index in [2.05, 4.69) is 5.32 Å². The topological polar surface area (TPSA) is 64.3 Å². The summed E-state index contributed by atoms with van der Waals surface area (Å²) >= 11 is 0. The highest BCUT2D eigenvalue weighted by Crippen LogP contribution is 2.19. The molecule has 1 aliphatic carbocycles. The van der Waals surface area contributed by atoms with Gasteiger partial charge in [0.25, 0.3) is 5.91 Å². The molecule has 1 saturated carbocycles. The van der Waals surface area contributed by atoms with Gasteiger partial charge in [0.2, 0.25) is 0 Å². The summed E-state index contributed by atoms with van der Waals surface area (Å²) in [4.78, 5) is 11.6. The highest BCUT2D eigenvalue weighted by Gasteiger charge is 2.34. The Morgan fingerprint density at radius 3 is 2.53 bits per heavy atom. The van der Waals surface area contributed by atoms with Crippen LogP contribution in [0.5, 0.6) is 5.75 Å². The van der Waals surface area contributed by atoms with Crippen molar-refractivity contribution in [2.75, 3.05) is 7.11 Å². The zero-order chi connectivity index (χ0) is 10.8. The van der Waals surface area contributed by atoms with Gasteiger partial charge in [0.05, 0.1) is 7.11 Å². The molecule has 0 spiro atoms. The van der Waals surface area contributed by atoms with Crippen LogP contribution in [0.1, 0.15) is 16.8 Å². The Bertz CT molecular complexity index is 361. The van der Waals surface area contributed by atoms with Crippen molar-refractivity contribution >= 4 is 5.91 Å². The van der Waals surface area contributed by atoms with Crippen LogP contribution >= 0.6 is 0 Å². The summed E-state index contributed by atoms with van der Waals surface area (Å²) in [6.45, 7) is 0.